The van der Waals surface area contributed by atoms with Crippen LogP contribution in [0.2, 0.25) is 5.02 Å². The second-order valence-corrected chi connectivity index (χ2v) is 5.98. The van der Waals surface area contributed by atoms with E-state index in [0.29, 0.717) is 16.1 Å². The Morgan fingerprint density at radius 3 is 2.45 bits per heavy atom. The number of nitro groups is 1. The van der Waals surface area contributed by atoms with Gasteiger partial charge in [0.15, 0.2) is 0 Å². The third-order valence-corrected chi connectivity index (χ3v) is 4.28. The van der Waals surface area contributed by atoms with Gasteiger partial charge in [0.25, 0.3) is 5.69 Å². The third kappa shape index (κ3) is 3.34. The van der Waals surface area contributed by atoms with Gasteiger partial charge in [-0.15, -0.1) is 0 Å². The molecule has 0 aliphatic heterocycles. The Morgan fingerprint density at radius 1 is 1.20 bits per heavy atom. The highest BCUT2D eigenvalue weighted by molar-refractivity contribution is 7.84. The molecule has 2 N–H and O–H groups in total. The van der Waals surface area contributed by atoms with Crippen LogP contribution in [0.15, 0.2) is 47.4 Å². The van der Waals surface area contributed by atoms with E-state index >= 15 is 0 Å². The van der Waals surface area contributed by atoms with Crippen LogP contribution in [0.1, 0.15) is 5.56 Å². The lowest BCUT2D eigenvalue weighted by atomic mass is 10.2. The number of rotatable bonds is 4. The molecule has 0 saturated heterocycles. The Morgan fingerprint density at radius 2 is 1.85 bits per heavy atom. The van der Waals surface area contributed by atoms with Gasteiger partial charge in [-0.1, -0.05) is 11.6 Å². The Hall–Kier alpha value is -1.92. The summed E-state index contributed by atoms with van der Waals surface area (Å²) in [5, 5.41) is 11.2. The number of nitrogens with two attached hydrogens (primary N) is 1. The molecule has 0 saturated carbocycles. The number of benzene rings is 2. The fourth-order valence-corrected chi connectivity index (χ4v) is 2.97. The van der Waals surface area contributed by atoms with Crippen LogP contribution >= 0.6 is 11.6 Å². The second kappa shape index (κ2) is 6.02. The topological polar surface area (TPSA) is 86.2 Å². The van der Waals surface area contributed by atoms with Gasteiger partial charge < -0.3 is 5.73 Å². The molecule has 104 valence electrons. The van der Waals surface area contributed by atoms with Crippen molar-refractivity contribution in [2.75, 3.05) is 5.73 Å². The molecule has 0 spiro atoms. The van der Waals surface area contributed by atoms with Gasteiger partial charge in [-0.2, -0.15) is 0 Å². The number of halogens is 1. The van der Waals surface area contributed by atoms with Crippen molar-refractivity contribution >= 4 is 33.8 Å². The largest absolute Gasteiger partial charge is 0.399 e. The molecule has 0 bridgehead atoms. The van der Waals surface area contributed by atoms with Crippen molar-refractivity contribution in [1.29, 1.82) is 0 Å². The van der Waals surface area contributed by atoms with Gasteiger partial charge in [-0.05, 0) is 36.4 Å². The lowest BCUT2D eigenvalue weighted by Crippen LogP contribution is -2.01. The highest BCUT2D eigenvalue weighted by Crippen LogP contribution is 2.25. The molecular weight excluding hydrogens is 300 g/mol. The lowest BCUT2D eigenvalue weighted by Gasteiger charge is -2.05. The number of anilines is 1. The summed E-state index contributed by atoms with van der Waals surface area (Å²) >= 11 is 5.74. The summed E-state index contributed by atoms with van der Waals surface area (Å²) < 4.78 is 12.2. The van der Waals surface area contributed by atoms with E-state index in [4.69, 9.17) is 17.3 Å². The fourth-order valence-electron chi connectivity index (χ4n) is 1.67. The van der Waals surface area contributed by atoms with E-state index in [2.05, 4.69) is 0 Å². The van der Waals surface area contributed by atoms with Crippen molar-refractivity contribution in [3.8, 4) is 0 Å². The molecule has 2 rings (SSSR count). The Labute approximate surface area is 123 Å². The zero-order chi connectivity index (χ0) is 14.7. The van der Waals surface area contributed by atoms with E-state index in [9.17, 15) is 14.3 Å². The molecule has 0 aliphatic carbocycles. The van der Waals surface area contributed by atoms with Gasteiger partial charge in [0, 0.05) is 27.2 Å². The first-order valence-corrected chi connectivity index (χ1v) is 7.34. The fraction of sp³-hybridized carbons (Fsp3) is 0.0769. The van der Waals surface area contributed by atoms with Gasteiger partial charge in [-0.25, -0.2) is 0 Å². The Kier molecular flexibility index (Phi) is 4.36. The summed E-state index contributed by atoms with van der Waals surface area (Å²) in [6.45, 7) is 0. The van der Waals surface area contributed by atoms with Crippen molar-refractivity contribution < 1.29 is 9.13 Å². The molecule has 1 unspecified atom stereocenters. The zero-order valence-corrected chi connectivity index (χ0v) is 11.9. The van der Waals surface area contributed by atoms with E-state index in [-0.39, 0.29) is 16.5 Å². The average Bonchev–Trinajstić information content (AvgIpc) is 2.41. The van der Waals surface area contributed by atoms with Gasteiger partial charge in [0.05, 0.1) is 21.5 Å². The summed E-state index contributed by atoms with van der Waals surface area (Å²) in [6.07, 6.45) is 0. The number of hydrogen-bond donors (Lipinski definition) is 1. The van der Waals surface area contributed by atoms with E-state index < -0.39 is 15.7 Å². The first-order valence-electron chi connectivity index (χ1n) is 5.64. The van der Waals surface area contributed by atoms with E-state index in [1.807, 2.05) is 0 Å². The van der Waals surface area contributed by atoms with Gasteiger partial charge in [-0.3, -0.25) is 14.3 Å². The standard InChI is InChI=1S/C13H11ClN2O3S/c14-10-2-1-9(13(7-10)16(17)18)8-20(19)12-5-3-11(15)4-6-12/h1-7H,8,15H2. The van der Waals surface area contributed by atoms with Crippen LogP contribution in [0.3, 0.4) is 0 Å². The maximum Gasteiger partial charge on any atom is 0.275 e. The molecule has 20 heavy (non-hydrogen) atoms. The SMILES string of the molecule is Nc1ccc(S(=O)Cc2ccc(Cl)cc2[N+](=O)[O-])cc1. The van der Waals surface area contributed by atoms with E-state index in [0.717, 1.165) is 0 Å². The molecule has 1 atom stereocenters. The van der Waals surface area contributed by atoms with Crippen molar-refractivity contribution in [2.45, 2.75) is 10.6 Å². The smallest absolute Gasteiger partial charge is 0.275 e. The number of hydrogen-bond acceptors (Lipinski definition) is 4. The first-order chi connectivity index (χ1) is 9.47. The quantitative estimate of drug-likeness (QED) is 0.534. The second-order valence-electron chi connectivity index (χ2n) is 4.09. The van der Waals surface area contributed by atoms with Crippen molar-refractivity contribution in [3.63, 3.8) is 0 Å². The third-order valence-electron chi connectivity index (χ3n) is 2.67. The molecule has 0 radical (unpaired) electrons. The normalized spacial score (nSPS) is 12.1. The van der Waals surface area contributed by atoms with Crippen LogP contribution in [0.25, 0.3) is 0 Å². The summed E-state index contributed by atoms with van der Waals surface area (Å²) in [7, 11) is -1.38. The van der Waals surface area contributed by atoms with E-state index in [1.165, 1.54) is 12.1 Å². The molecule has 0 aliphatic rings. The lowest BCUT2D eigenvalue weighted by molar-refractivity contribution is -0.385. The molecule has 2 aromatic carbocycles. The number of nitrogens with zero attached hydrogens (tertiary/aromatic N) is 1. The molecule has 0 fully saturated rings. The summed E-state index contributed by atoms with van der Waals surface area (Å²) in [5.41, 5.74) is 6.39. The van der Waals surface area contributed by atoms with Crippen LogP contribution in [0.4, 0.5) is 11.4 Å². The number of nitrogen functional groups attached to an aromatic ring is 1. The molecule has 2 aromatic rings. The number of nitro benzene ring substituents is 1. The molecule has 0 amide bonds. The maximum absolute atomic E-state index is 12.2. The average molecular weight is 311 g/mol. The van der Waals surface area contributed by atoms with Crippen LogP contribution in [0.5, 0.6) is 0 Å². The van der Waals surface area contributed by atoms with Gasteiger partial charge in [0.2, 0.25) is 0 Å². The van der Waals surface area contributed by atoms with Crippen LogP contribution in [-0.2, 0) is 16.6 Å². The molecular formula is C13H11ClN2O3S. The van der Waals surface area contributed by atoms with Crippen LogP contribution in [-0.4, -0.2) is 9.13 Å². The minimum atomic E-state index is -1.38. The Balaban J connectivity index is 2.28. The highest BCUT2D eigenvalue weighted by Gasteiger charge is 2.17. The first kappa shape index (κ1) is 14.5. The monoisotopic (exact) mass is 310 g/mol. The zero-order valence-electron chi connectivity index (χ0n) is 10.3. The minimum absolute atomic E-state index is 0.0530. The molecule has 5 nitrogen and oxygen atoms in total. The van der Waals surface area contributed by atoms with Crippen molar-refractivity contribution in [1.82, 2.24) is 0 Å². The van der Waals surface area contributed by atoms with Gasteiger partial charge in [0.1, 0.15) is 0 Å². The Bertz CT molecular complexity index is 674. The van der Waals surface area contributed by atoms with E-state index in [1.54, 1.807) is 30.3 Å². The molecule has 7 heteroatoms. The summed E-state index contributed by atoms with van der Waals surface area (Å²) in [4.78, 5) is 11.0. The predicted octanol–water partition coefficient (Wildman–Crippen LogP) is 3.14. The molecule has 0 heterocycles. The van der Waals surface area contributed by atoms with Gasteiger partial charge >= 0.3 is 0 Å². The van der Waals surface area contributed by atoms with Crippen molar-refractivity contribution in [3.05, 3.63) is 63.2 Å². The summed E-state index contributed by atoms with van der Waals surface area (Å²) in [5.74, 6) is 0.0530. The maximum atomic E-state index is 12.2. The minimum Gasteiger partial charge on any atom is -0.399 e. The highest BCUT2D eigenvalue weighted by atomic mass is 35.5. The van der Waals surface area contributed by atoms with Crippen LogP contribution in [0, 0.1) is 10.1 Å². The molecule has 0 aromatic heterocycles. The van der Waals surface area contributed by atoms with Crippen LogP contribution < -0.4 is 5.73 Å². The summed E-state index contributed by atoms with van der Waals surface area (Å²) in [6, 6.07) is 10.9. The predicted molar refractivity (Wildman–Crippen MR) is 79.1 cm³/mol. The van der Waals surface area contributed by atoms with Crippen molar-refractivity contribution in [2.24, 2.45) is 0 Å².